The molecule has 29 heavy (non-hydrogen) atoms. The second kappa shape index (κ2) is 8.55. The molecule has 6 nitrogen and oxygen atoms in total. The Morgan fingerprint density at radius 2 is 1.83 bits per heavy atom. The number of nitrogens with one attached hydrogen (secondary N) is 3. The third-order valence-corrected chi connectivity index (χ3v) is 5.90. The van der Waals surface area contributed by atoms with E-state index >= 15 is 0 Å². The van der Waals surface area contributed by atoms with Crippen molar-refractivity contribution in [2.45, 2.75) is 31.8 Å². The van der Waals surface area contributed by atoms with E-state index < -0.39 is 0 Å². The average Bonchev–Trinajstić information content (AvgIpc) is 3.19. The van der Waals surface area contributed by atoms with E-state index in [-0.39, 0.29) is 24.0 Å². The number of carbonyl (C=O) groups is 2. The standard InChI is InChI=1S/C23H28N4O2/c1-2-24-23(29)25-14-12-20(28)27-15-13-18-21(16-8-4-3-5-9-16)26-19-11-7-6-10-17(19)22(18)27/h3-11,18,21-22,26H,2,12-15H2,1H3,(H2,24,25,29)/t18-,21+,22+/m1/s1. The first-order valence-corrected chi connectivity index (χ1v) is 10.4. The van der Waals surface area contributed by atoms with Crippen LogP contribution >= 0.6 is 0 Å². The van der Waals surface area contributed by atoms with Crippen LogP contribution in [-0.4, -0.2) is 36.5 Å². The summed E-state index contributed by atoms with van der Waals surface area (Å²) in [6.07, 6.45) is 1.27. The average molecular weight is 393 g/mol. The van der Waals surface area contributed by atoms with Crippen molar-refractivity contribution in [1.82, 2.24) is 15.5 Å². The van der Waals surface area contributed by atoms with Crippen LogP contribution in [0.2, 0.25) is 0 Å². The molecule has 2 aromatic carbocycles. The maximum Gasteiger partial charge on any atom is 0.314 e. The fourth-order valence-electron chi connectivity index (χ4n) is 4.65. The van der Waals surface area contributed by atoms with Gasteiger partial charge < -0.3 is 20.9 Å². The van der Waals surface area contributed by atoms with Gasteiger partial charge >= 0.3 is 6.03 Å². The summed E-state index contributed by atoms with van der Waals surface area (Å²) in [5.41, 5.74) is 3.54. The molecule has 2 aromatic rings. The van der Waals surface area contributed by atoms with Gasteiger partial charge in [-0.2, -0.15) is 0 Å². The predicted octanol–water partition coefficient (Wildman–Crippen LogP) is 3.45. The highest BCUT2D eigenvalue weighted by atomic mass is 16.2. The van der Waals surface area contributed by atoms with Gasteiger partial charge in [-0.25, -0.2) is 4.79 Å². The van der Waals surface area contributed by atoms with Gasteiger partial charge in [0.2, 0.25) is 5.91 Å². The maximum atomic E-state index is 13.0. The van der Waals surface area contributed by atoms with Crippen LogP contribution in [-0.2, 0) is 4.79 Å². The van der Waals surface area contributed by atoms with Gasteiger partial charge in [0.15, 0.2) is 0 Å². The molecule has 2 heterocycles. The van der Waals surface area contributed by atoms with Crippen molar-refractivity contribution in [3.8, 4) is 0 Å². The Kier molecular flexibility index (Phi) is 5.69. The molecule has 1 fully saturated rings. The lowest BCUT2D eigenvalue weighted by Crippen LogP contribution is -2.40. The Bertz CT molecular complexity index is 870. The first-order valence-electron chi connectivity index (χ1n) is 10.4. The second-order valence-corrected chi connectivity index (χ2v) is 7.64. The number of para-hydroxylation sites is 1. The van der Waals surface area contributed by atoms with Crippen molar-refractivity contribution in [2.24, 2.45) is 5.92 Å². The highest BCUT2D eigenvalue weighted by Gasteiger charge is 2.45. The van der Waals surface area contributed by atoms with Gasteiger partial charge in [-0.3, -0.25) is 4.79 Å². The SMILES string of the molecule is CCNC(=O)NCCC(=O)N1CC[C@@H]2[C@H](c3ccccc3)Nc3ccccc3[C@@H]21. The van der Waals surface area contributed by atoms with E-state index in [4.69, 9.17) is 0 Å². The summed E-state index contributed by atoms with van der Waals surface area (Å²) < 4.78 is 0. The molecule has 0 spiro atoms. The first-order chi connectivity index (χ1) is 14.2. The minimum atomic E-state index is -0.226. The van der Waals surface area contributed by atoms with E-state index in [2.05, 4.69) is 52.3 Å². The number of carbonyl (C=O) groups excluding carboxylic acids is 2. The van der Waals surface area contributed by atoms with Crippen LogP contribution in [0.1, 0.15) is 43.0 Å². The van der Waals surface area contributed by atoms with E-state index in [9.17, 15) is 9.59 Å². The van der Waals surface area contributed by atoms with Crippen molar-refractivity contribution in [3.63, 3.8) is 0 Å². The molecular weight excluding hydrogens is 364 g/mol. The van der Waals surface area contributed by atoms with Gasteiger partial charge in [-0.15, -0.1) is 0 Å². The summed E-state index contributed by atoms with van der Waals surface area (Å²) in [6.45, 7) is 3.53. The Balaban J connectivity index is 1.54. The van der Waals surface area contributed by atoms with Gasteiger partial charge in [0.25, 0.3) is 0 Å². The monoisotopic (exact) mass is 392 g/mol. The smallest absolute Gasteiger partial charge is 0.314 e. The summed E-state index contributed by atoms with van der Waals surface area (Å²) in [7, 11) is 0. The topological polar surface area (TPSA) is 73.5 Å². The Hall–Kier alpha value is -3.02. The molecule has 3 amide bonds. The number of fused-ring (bicyclic) bond motifs is 3. The molecule has 0 aliphatic carbocycles. The number of benzene rings is 2. The molecule has 2 aliphatic rings. The number of hydrogen-bond donors (Lipinski definition) is 3. The summed E-state index contributed by atoms with van der Waals surface area (Å²) in [6, 6.07) is 18.8. The Morgan fingerprint density at radius 1 is 1.07 bits per heavy atom. The van der Waals surface area contributed by atoms with Crippen LogP contribution in [0.5, 0.6) is 0 Å². The molecular formula is C23H28N4O2. The van der Waals surface area contributed by atoms with Gasteiger partial charge in [0.05, 0.1) is 12.1 Å². The van der Waals surface area contributed by atoms with Crippen molar-refractivity contribution < 1.29 is 9.59 Å². The highest BCUT2D eigenvalue weighted by Crippen LogP contribution is 2.51. The van der Waals surface area contributed by atoms with Crippen molar-refractivity contribution in [3.05, 3.63) is 65.7 Å². The summed E-state index contributed by atoms with van der Waals surface area (Å²) >= 11 is 0. The number of urea groups is 1. The van der Waals surface area contributed by atoms with Crippen LogP contribution in [0.25, 0.3) is 0 Å². The van der Waals surface area contributed by atoms with Crippen molar-refractivity contribution in [1.29, 1.82) is 0 Å². The third kappa shape index (κ3) is 3.92. The lowest BCUT2D eigenvalue weighted by atomic mass is 9.80. The molecule has 0 unspecified atom stereocenters. The lowest BCUT2D eigenvalue weighted by molar-refractivity contribution is -0.132. The fourth-order valence-corrected chi connectivity index (χ4v) is 4.65. The van der Waals surface area contributed by atoms with Crippen LogP contribution in [0.15, 0.2) is 54.6 Å². The molecule has 3 atom stereocenters. The van der Waals surface area contributed by atoms with E-state index in [1.807, 2.05) is 30.0 Å². The molecule has 6 heteroatoms. The molecule has 4 rings (SSSR count). The molecule has 3 N–H and O–H groups in total. The van der Waals surface area contributed by atoms with Crippen molar-refractivity contribution in [2.75, 3.05) is 25.0 Å². The van der Waals surface area contributed by atoms with Crippen LogP contribution < -0.4 is 16.0 Å². The quantitative estimate of drug-likeness (QED) is 0.730. The Labute approximate surface area is 171 Å². The van der Waals surface area contributed by atoms with Gasteiger partial charge in [-0.1, -0.05) is 48.5 Å². The highest BCUT2D eigenvalue weighted by molar-refractivity contribution is 5.79. The molecule has 2 aliphatic heterocycles. The summed E-state index contributed by atoms with van der Waals surface area (Å²) in [5.74, 6) is 0.422. The van der Waals surface area contributed by atoms with Crippen molar-refractivity contribution >= 4 is 17.6 Å². The fraction of sp³-hybridized carbons (Fsp3) is 0.391. The second-order valence-electron chi connectivity index (χ2n) is 7.64. The predicted molar refractivity (Wildman–Crippen MR) is 114 cm³/mol. The number of rotatable bonds is 5. The van der Waals surface area contributed by atoms with E-state index in [0.29, 0.717) is 25.4 Å². The van der Waals surface area contributed by atoms with E-state index in [1.165, 1.54) is 11.1 Å². The van der Waals surface area contributed by atoms with E-state index in [1.54, 1.807) is 0 Å². The molecule has 1 saturated heterocycles. The zero-order valence-electron chi connectivity index (χ0n) is 16.7. The molecule has 0 saturated carbocycles. The minimum Gasteiger partial charge on any atom is -0.378 e. The molecule has 0 aromatic heterocycles. The zero-order chi connectivity index (χ0) is 20.2. The number of nitrogens with zero attached hydrogens (tertiary/aromatic N) is 1. The minimum absolute atomic E-state index is 0.0645. The lowest BCUT2D eigenvalue weighted by Gasteiger charge is -2.40. The van der Waals surface area contributed by atoms with Gasteiger partial charge in [-0.05, 0) is 30.5 Å². The van der Waals surface area contributed by atoms with Crippen LogP contribution in [0, 0.1) is 5.92 Å². The molecule has 0 radical (unpaired) electrons. The number of likely N-dealkylation sites (tertiary alicyclic amines) is 1. The number of amides is 3. The van der Waals surface area contributed by atoms with E-state index in [0.717, 1.165) is 18.7 Å². The van der Waals surface area contributed by atoms with Gasteiger partial charge in [0, 0.05) is 37.7 Å². The van der Waals surface area contributed by atoms with Gasteiger partial charge in [0.1, 0.15) is 0 Å². The van der Waals surface area contributed by atoms with Crippen LogP contribution in [0.3, 0.4) is 0 Å². The normalized spacial score (nSPS) is 22.2. The summed E-state index contributed by atoms with van der Waals surface area (Å²) in [5, 5.41) is 9.15. The molecule has 0 bridgehead atoms. The Morgan fingerprint density at radius 3 is 2.62 bits per heavy atom. The largest absolute Gasteiger partial charge is 0.378 e. The number of hydrogen-bond acceptors (Lipinski definition) is 3. The molecule has 152 valence electrons. The number of anilines is 1. The zero-order valence-corrected chi connectivity index (χ0v) is 16.7. The third-order valence-electron chi connectivity index (χ3n) is 5.90. The summed E-state index contributed by atoms with van der Waals surface area (Å²) in [4.78, 5) is 26.6. The first kappa shape index (κ1) is 19.3. The maximum absolute atomic E-state index is 13.0. The van der Waals surface area contributed by atoms with Crippen LogP contribution in [0.4, 0.5) is 10.5 Å².